The molecule has 1 atom stereocenters. The van der Waals surface area contributed by atoms with Crippen LogP contribution in [0.4, 0.5) is 0 Å². The van der Waals surface area contributed by atoms with Crippen LogP contribution in [0.2, 0.25) is 0 Å². The van der Waals surface area contributed by atoms with Gasteiger partial charge in [0.25, 0.3) is 0 Å². The molecule has 0 aromatic carbocycles. The van der Waals surface area contributed by atoms with Gasteiger partial charge in [0.15, 0.2) is 0 Å². The molecule has 2 nitrogen and oxygen atoms in total. The van der Waals surface area contributed by atoms with Crippen LogP contribution < -0.4 is 0 Å². The Bertz CT molecular complexity index is 624. The number of ether oxygens (including phenoxy) is 1. The van der Waals surface area contributed by atoms with E-state index in [1.165, 1.54) is 39.2 Å². The van der Waals surface area contributed by atoms with Gasteiger partial charge in [0.05, 0.1) is 6.61 Å². The van der Waals surface area contributed by atoms with Crippen LogP contribution in [0.25, 0.3) is 10.2 Å². The number of methoxy groups -OCH3 is 1. The summed E-state index contributed by atoms with van der Waals surface area (Å²) in [5.74, 6) is 0.770. The molecule has 2 aromatic heterocycles. The van der Waals surface area contributed by atoms with E-state index in [1.807, 2.05) is 0 Å². The highest BCUT2D eigenvalue weighted by Gasteiger charge is 2.29. The van der Waals surface area contributed by atoms with E-state index < -0.39 is 0 Å². The zero-order valence-corrected chi connectivity index (χ0v) is 13.6. The summed E-state index contributed by atoms with van der Waals surface area (Å²) < 4.78 is 5.23. The first-order valence-corrected chi connectivity index (χ1v) is 8.19. The molecule has 0 saturated heterocycles. The van der Waals surface area contributed by atoms with Crippen LogP contribution in [-0.4, -0.2) is 12.1 Å². The van der Waals surface area contributed by atoms with Crippen LogP contribution in [0.15, 0.2) is 12.1 Å². The number of pyridine rings is 1. The lowest BCUT2D eigenvalue weighted by Crippen LogP contribution is -2.27. The maximum absolute atomic E-state index is 5.23. The molecule has 0 amide bonds. The summed E-state index contributed by atoms with van der Waals surface area (Å²) in [6, 6.07) is 4.60. The molecule has 0 saturated carbocycles. The second-order valence-electron chi connectivity index (χ2n) is 6.94. The molecule has 0 radical (unpaired) electrons. The number of nitrogens with zero attached hydrogens (tertiary/aromatic N) is 1. The maximum atomic E-state index is 5.23. The average Bonchev–Trinajstić information content (AvgIpc) is 2.75. The Balaban J connectivity index is 1.96. The van der Waals surface area contributed by atoms with Gasteiger partial charge in [-0.3, -0.25) is 0 Å². The van der Waals surface area contributed by atoms with E-state index in [4.69, 9.17) is 9.72 Å². The van der Waals surface area contributed by atoms with Gasteiger partial charge in [0.1, 0.15) is 4.83 Å². The number of thiophene rings is 1. The Morgan fingerprint density at radius 2 is 2.15 bits per heavy atom. The summed E-state index contributed by atoms with van der Waals surface area (Å²) in [6.07, 6.45) is 3.58. The summed E-state index contributed by atoms with van der Waals surface area (Å²) in [6.45, 7) is 7.76. The van der Waals surface area contributed by atoms with E-state index in [0.29, 0.717) is 12.0 Å². The van der Waals surface area contributed by atoms with Gasteiger partial charge in [-0.25, -0.2) is 4.98 Å². The smallest absolute Gasteiger partial charge is 0.123 e. The molecule has 1 aliphatic rings. The highest BCUT2D eigenvalue weighted by Crippen LogP contribution is 2.38. The molecular weight excluding hydrogens is 266 g/mol. The van der Waals surface area contributed by atoms with Gasteiger partial charge in [0, 0.05) is 23.1 Å². The van der Waals surface area contributed by atoms with Gasteiger partial charge in [-0.1, -0.05) is 20.8 Å². The highest BCUT2D eigenvalue weighted by molar-refractivity contribution is 7.18. The molecule has 1 unspecified atom stereocenters. The minimum atomic E-state index is 0.391. The molecular formula is C17H23NOS. The summed E-state index contributed by atoms with van der Waals surface area (Å²) in [5, 5.41) is 1.29. The lowest BCUT2D eigenvalue weighted by molar-refractivity contribution is 0.187. The molecule has 1 aliphatic carbocycles. The van der Waals surface area contributed by atoms with Crippen LogP contribution >= 0.6 is 11.3 Å². The topological polar surface area (TPSA) is 22.1 Å². The zero-order chi connectivity index (χ0) is 14.3. The number of aromatic nitrogens is 1. The zero-order valence-electron chi connectivity index (χ0n) is 12.8. The molecule has 2 aromatic rings. The number of rotatable bonds is 2. The van der Waals surface area contributed by atoms with Crippen LogP contribution in [0, 0.1) is 11.3 Å². The number of hydrogen-bond donors (Lipinski definition) is 0. The molecule has 20 heavy (non-hydrogen) atoms. The van der Waals surface area contributed by atoms with Crippen LogP contribution in [0.5, 0.6) is 0 Å². The molecule has 0 bridgehead atoms. The third-order valence-electron chi connectivity index (χ3n) is 4.44. The van der Waals surface area contributed by atoms with Crippen molar-refractivity contribution in [2.75, 3.05) is 7.11 Å². The van der Waals surface area contributed by atoms with Gasteiger partial charge >= 0.3 is 0 Å². The van der Waals surface area contributed by atoms with Crippen LogP contribution in [0.1, 0.15) is 43.3 Å². The average molecular weight is 289 g/mol. The first-order chi connectivity index (χ1) is 9.47. The second-order valence-corrected chi connectivity index (χ2v) is 8.06. The van der Waals surface area contributed by atoms with Crippen molar-refractivity contribution in [2.24, 2.45) is 11.3 Å². The van der Waals surface area contributed by atoms with E-state index in [-0.39, 0.29) is 0 Å². The summed E-state index contributed by atoms with van der Waals surface area (Å²) in [4.78, 5) is 7.34. The van der Waals surface area contributed by atoms with E-state index in [1.54, 1.807) is 18.4 Å². The molecule has 0 spiro atoms. The monoisotopic (exact) mass is 289 g/mol. The normalized spacial score (nSPS) is 19.3. The van der Waals surface area contributed by atoms with Crippen molar-refractivity contribution < 1.29 is 4.74 Å². The number of fused-ring (bicyclic) bond motifs is 2. The Morgan fingerprint density at radius 3 is 2.85 bits per heavy atom. The second kappa shape index (κ2) is 5.12. The van der Waals surface area contributed by atoms with Crippen molar-refractivity contribution in [3.63, 3.8) is 0 Å². The van der Waals surface area contributed by atoms with Gasteiger partial charge in [-0.05, 0) is 48.3 Å². The molecule has 108 valence electrons. The van der Waals surface area contributed by atoms with Crippen LogP contribution in [-0.2, 0) is 24.2 Å². The van der Waals surface area contributed by atoms with Gasteiger partial charge in [-0.2, -0.15) is 0 Å². The fourth-order valence-electron chi connectivity index (χ4n) is 3.13. The molecule has 0 N–H and O–H groups in total. The van der Waals surface area contributed by atoms with Crippen LogP contribution in [0.3, 0.4) is 0 Å². The Labute approximate surface area is 125 Å². The molecule has 3 heteroatoms. The first kappa shape index (κ1) is 14.0. The molecule has 2 heterocycles. The molecule has 0 aliphatic heterocycles. The van der Waals surface area contributed by atoms with Crippen molar-refractivity contribution >= 4 is 21.6 Å². The first-order valence-electron chi connectivity index (χ1n) is 7.37. The van der Waals surface area contributed by atoms with Gasteiger partial charge in [0.2, 0.25) is 0 Å². The predicted molar refractivity (Wildman–Crippen MR) is 85.3 cm³/mol. The highest BCUT2D eigenvalue weighted by atomic mass is 32.1. The van der Waals surface area contributed by atoms with Crippen molar-refractivity contribution in [1.82, 2.24) is 4.98 Å². The van der Waals surface area contributed by atoms with E-state index in [0.717, 1.165) is 12.3 Å². The summed E-state index contributed by atoms with van der Waals surface area (Å²) >= 11 is 1.76. The SMILES string of the molecule is COCc1cc2cc3c(nc2s1)CCC(C(C)(C)C)C3. The summed E-state index contributed by atoms with van der Waals surface area (Å²) in [7, 11) is 1.75. The number of hydrogen-bond acceptors (Lipinski definition) is 3. The summed E-state index contributed by atoms with van der Waals surface area (Å²) in [5.41, 5.74) is 3.18. The minimum Gasteiger partial charge on any atom is -0.379 e. The van der Waals surface area contributed by atoms with Crippen molar-refractivity contribution in [2.45, 2.75) is 46.6 Å². The fourth-order valence-corrected chi connectivity index (χ4v) is 4.13. The standard InChI is InChI=1S/C17H23NOS/c1-17(2,3)13-5-6-15-11(8-13)7-12-9-14(10-19-4)20-16(12)18-15/h7,9,13H,5-6,8,10H2,1-4H3. The fraction of sp³-hybridized carbons (Fsp3) is 0.588. The predicted octanol–water partition coefficient (Wildman–Crippen LogP) is 4.59. The number of aryl methyl sites for hydroxylation is 1. The largest absolute Gasteiger partial charge is 0.379 e. The van der Waals surface area contributed by atoms with E-state index in [2.05, 4.69) is 32.9 Å². The van der Waals surface area contributed by atoms with Gasteiger partial charge in [-0.15, -0.1) is 11.3 Å². The maximum Gasteiger partial charge on any atom is 0.123 e. The van der Waals surface area contributed by atoms with Crippen molar-refractivity contribution in [1.29, 1.82) is 0 Å². The molecule has 3 rings (SSSR count). The third kappa shape index (κ3) is 2.61. The third-order valence-corrected chi connectivity index (χ3v) is 5.45. The quantitative estimate of drug-likeness (QED) is 0.806. The minimum absolute atomic E-state index is 0.391. The lowest BCUT2D eigenvalue weighted by atomic mass is 9.71. The van der Waals surface area contributed by atoms with Gasteiger partial charge < -0.3 is 4.74 Å². The van der Waals surface area contributed by atoms with Crippen molar-refractivity contribution in [3.8, 4) is 0 Å². The Hall–Kier alpha value is -0.930. The lowest BCUT2D eigenvalue weighted by Gasteiger charge is -2.34. The van der Waals surface area contributed by atoms with E-state index in [9.17, 15) is 0 Å². The van der Waals surface area contributed by atoms with Crippen molar-refractivity contribution in [3.05, 3.63) is 28.3 Å². The Morgan fingerprint density at radius 1 is 1.35 bits per heavy atom. The molecule has 0 fully saturated rings. The Kier molecular flexibility index (Phi) is 3.59. The van der Waals surface area contributed by atoms with E-state index >= 15 is 0 Å².